The van der Waals surface area contributed by atoms with Gasteiger partial charge in [-0.15, -0.1) is 23.1 Å². The van der Waals surface area contributed by atoms with Gasteiger partial charge in [0.15, 0.2) is 0 Å². The molecule has 0 saturated carbocycles. The maximum Gasteiger partial charge on any atom is 0.326 e. The maximum atomic E-state index is 11.3. The second kappa shape index (κ2) is 3.04. The van der Waals surface area contributed by atoms with Gasteiger partial charge in [-0.3, -0.25) is 9.78 Å². The van der Waals surface area contributed by atoms with Crippen LogP contribution in [0.2, 0.25) is 0 Å². The summed E-state index contributed by atoms with van der Waals surface area (Å²) < 4.78 is 0.573. The number of aromatic nitrogens is 2. The largest absolute Gasteiger partial charge is 0.326 e. The molecular formula is C7H6N2O2S2. The van der Waals surface area contributed by atoms with Crippen LogP contribution in [-0.4, -0.2) is 16.2 Å². The third-order valence-electron chi connectivity index (χ3n) is 1.65. The minimum Gasteiger partial charge on any atom is -0.305 e. The van der Waals surface area contributed by atoms with Crippen LogP contribution >= 0.6 is 23.1 Å². The van der Waals surface area contributed by atoms with Crippen LogP contribution in [0, 0.1) is 0 Å². The predicted molar refractivity (Wildman–Crippen MR) is 54.8 cm³/mol. The highest BCUT2D eigenvalue weighted by Crippen LogP contribution is 2.27. The molecule has 0 amide bonds. The van der Waals surface area contributed by atoms with Gasteiger partial charge in [0, 0.05) is 10.3 Å². The quantitative estimate of drug-likeness (QED) is 0.696. The molecule has 0 aliphatic heterocycles. The molecule has 0 unspecified atom stereocenters. The molecule has 0 aliphatic rings. The molecule has 0 fully saturated rings. The van der Waals surface area contributed by atoms with Gasteiger partial charge in [-0.05, 0) is 6.26 Å². The van der Waals surface area contributed by atoms with E-state index in [1.54, 1.807) is 0 Å². The molecule has 2 aromatic heterocycles. The first-order valence-corrected chi connectivity index (χ1v) is 5.60. The Bertz CT molecular complexity index is 551. The van der Waals surface area contributed by atoms with Crippen molar-refractivity contribution in [2.24, 2.45) is 0 Å². The summed E-state index contributed by atoms with van der Waals surface area (Å²) in [6.07, 6.45) is 1.90. The van der Waals surface area contributed by atoms with Crippen molar-refractivity contribution in [3.8, 4) is 0 Å². The van der Waals surface area contributed by atoms with Crippen LogP contribution in [0.1, 0.15) is 0 Å². The van der Waals surface area contributed by atoms with Gasteiger partial charge < -0.3 is 4.98 Å². The molecule has 0 aromatic carbocycles. The average Bonchev–Trinajstić information content (AvgIpc) is 2.47. The van der Waals surface area contributed by atoms with Crippen LogP contribution in [0.3, 0.4) is 0 Å². The monoisotopic (exact) mass is 214 g/mol. The van der Waals surface area contributed by atoms with E-state index in [9.17, 15) is 9.59 Å². The normalized spacial score (nSPS) is 10.8. The van der Waals surface area contributed by atoms with Gasteiger partial charge in [0.2, 0.25) is 0 Å². The number of aromatic amines is 2. The van der Waals surface area contributed by atoms with Crippen LogP contribution in [0.25, 0.3) is 10.2 Å². The van der Waals surface area contributed by atoms with E-state index in [1.165, 1.54) is 23.1 Å². The molecular weight excluding hydrogens is 208 g/mol. The van der Waals surface area contributed by atoms with Crippen molar-refractivity contribution in [1.82, 2.24) is 9.97 Å². The van der Waals surface area contributed by atoms with Crippen LogP contribution in [0.5, 0.6) is 0 Å². The highest BCUT2D eigenvalue weighted by molar-refractivity contribution is 7.99. The zero-order chi connectivity index (χ0) is 9.42. The first-order valence-electron chi connectivity index (χ1n) is 3.50. The summed E-state index contributed by atoms with van der Waals surface area (Å²) in [6.45, 7) is 0. The van der Waals surface area contributed by atoms with Gasteiger partial charge in [0.05, 0.1) is 5.52 Å². The summed E-state index contributed by atoms with van der Waals surface area (Å²) >= 11 is 2.85. The minimum absolute atomic E-state index is 0.316. The Morgan fingerprint density at radius 2 is 2.15 bits per heavy atom. The highest BCUT2D eigenvalue weighted by atomic mass is 32.2. The molecule has 13 heavy (non-hydrogen) atoms. The molecule has 0 aliphatic carbocycles. The number of H-pyrrole nitrogens is 2. The minimum atomic E-state index is -0.453. The molecule has 2 aromatic rings. The van der Waals surface area contributed by atoms with E-state index in [1.807, 2.05) is 11.6 Å². The Balaban J connectivity index is 2.98. The molecule has 0 spiro atoms. The number of hydrogen-bond donors (Lipinski definition) is 2. The first-order chi connectivity index (χ1) is 6.22. The van der Waals surface area contributed by atoms with Crippen molar-refractivity contribution in [1.29, 1.82) is 0 Å². The van der Waals surface area contributed by atoms with Crippen LogP contribution in [0.15, 0.2) is 19.9 Å². The van der Waals surface area contributed by atoms with Gasteiger partial charge in [-0.2, -0.15) is 0 Å². The van der Waals surface area contributed by atoms with E-state index in [0.29, 0.717) is 10.2 Å². The fourth-order valence-corrected chi connectivity index (χ4v) is 2.81. The third-order valence-corrected chi connectivity index (χ3v) is 3.54. The standard InChI is InChI=1S/C7H6N2O2S2/c1-12-3-2-13-5-4(3)8-7(11)9-6(5)10/h2H,1H3,(H2,8,9,10,11). The molecule has 0 bridgehead atoms. The maximum absolute atomic E-state index is 11.3. The summed E-state index contributed by atoms with van der Waals surface area (Å²) in [5.41, 5.74) is -0.124. The molecule has 2 N–H and O–H groups in total. The van der Waals surface area contributed by atoms with Crippen LogP contribution < -0.4 is 11.2 Å². The summed E-state index contributed by atoms with van der Waals surface area (Å²) in [6, 6.07) is 0. The van der Waals surface area contributed by atoms with Crippen molar-refractivity contribution >= 4 is 33.3 Å². The predicted octanol–water partition coefficient (Wildman–Crippen LogP) is 1.000. The van der Waals surface area contributed by atoms with E-state index >= 15 is 0 Å². The van der Waals surface area contributed by atoms with Gasteiger partial charge in [-0.1, -0.05) is 0 Å². The van der Waals surface area contributed by atoms with Gasteiger partial charge in [0.1, 0.15) is 4.70 Å². The lowest BCUT2D eigenvalue weighted by molar-refractivity contribution is 1.08. The first kappa shape index (κ1) is 8.58. The van der Waals surface area contributed by atoms with Gasteiger partial charge >= 0.3 is 5.69 Å². The summed E-state index contributed by atoms with van der Waals surface area (Å²) in [7, 11) is 0. The van der Waals surface area contributed by atoms with Crippen molar-refractivity contribution in [2.45, 2.75) is 4.90 Å². The fraction of sp³-hybridized carbons (Fsp3) is 0.143. The van der Waals surface area contributed by atoms with E-state index < -0.39 is 5.69 Å². The Morgan fingerprint density at radius 3 is 2.85 bits per heavy atom. The number of fused-ring (bicyclic) bond motifs is 1. The second-order valence-electron chi connectivity index (χ2n) is 2.42. The SMILES string of the molecule is CSc1csc2c(=O)[nH]c(=O)[nH]c12. The average molecular weight is 214 g/mol. The lowest BCUT2D eigenvalue weighted by atomic mass is 10.5. The zero-order valence-electron chi connectivity index (χ0n) is 6.71. The molecule has 0 radical (unpaired) electrons. The number of nitrogens with one attached hydrogen (secondary N) is 2. The zero-order valence-corrected chi connectivity index (χ0v) is 8.34. The van der Waals surface area contributed by atoms with Crippen molar-refractivity contribution in [2.75, 3.05) is 6.26 Å². The fourth-order valence-electron chi connectivity index (χ4n) is 1.08. The number of thiophene rings is 1. The number of hydrogen-bond acceptors (Lipinski definition) is 4. The van der Waals surface area contributed by atoms with E-state index in [2.05, 4.69) is 9.97 Å². The second-order valence-corrected chi connectivity index (χ2v) is 4.14. The Hall–Kier alpha value is -1.01. The van der Waals surface area contributed by atoms with Crippen LogP contribution in [0.4, 0.5) is 0 Å². The van der Waals surface area contributed by atoms with Crippen LogP contribution in [-0.2, 0) is 0 Å². The number of thioether (sulfide) groups is 1. The van der Waals surface area contributed by atoms with E-state index in [4.69, 9.17) is 0 Å². The Kier molecular flexibility index (Phi) is 2.01. The van der Waals surface area contributed by atoms with E-state index in [-0.39, 0.29) is 5.56 Å². The Morgan fingerprint density at radius 1 is 1.38 bits per heavy atom. The molecule has 2 rings (SSSR count). The molecule has 0 atom stereocenters. The van der Waals surface area contributed by atoms with Crippen molar-refractivity contribution in [3.63, 3.8) is 0 Å². The van der Waals surface area contributed by atoms with Crippen molar-refractivity contribution < 1.29 is 0 Å². The van der Waals surface area contributed by atoms with Gasteiger partial charge in [-0.25, -0.2) is 4.79 Å². The Labute approximate surface area is 81.0 Å². The molecule has 6 heteroatoms. The van der Waals surface area contributed by atoms with Gasteiger partial charge in [0.25, 0.3) is 5.56 Å². The number of rotatable bonds is 1. The lowest BCUT2D eigenvalue weighted by Crippen LogP contribution is -2.20. The van der Waals surface area contributed by atoms with Crippen molar-refractivity contribution in [3.05, 3.63) is 26.2 Å². The summed E-state index contributed by atoms with van der Waals surface area (Å²) in [5, 5.41) is 1.86. The smallest absolute Gasteiger partial charge is 0.305 e. The topological polar surface area (TPSA) is 65.7 Å². The molecule has 2 heterocycles. The lowest BCUT2D eigenvalue weighted by Gasteiger charge is -1.91. The summed E-state index contributed by atoms with van der Waals surface area (Å²) in [4.78, 5) is 27.9. The van der Waals surface area contributed by atoms with E-state index in [0.717, 1.165) is 4.90 Å². The molecule has 68 valence electrons. The molecule has 4 nitrogen and oxygen atoms in total. The highest BCUT2D eigenvalue weighted by Gasteiger charge is 2.06. The summed E-state index contributed by atoms with van der Waals surface area (Å²) in [5.74, 6) is 0. The third kappa shape index (κ3) is 1.31. The molecule has 0 saturated heterocycles.